The molecular weight excluding hydrogens is 408 g/mol. The van der Waals surface area contributed by atoms with E-state index in [4.69, 9.17) is 18.0 Å². The molecule has 1 fully saturated rings. The summed E-state index contributed by atoms with van der Waals surface area (Å²) in [7, 11) is -6.67. The molecule has 0 spiro atoms. The Morgan fingerprint density at radius 1 is 1.14 bits per heavy atom. The maximum Gasteiger partial charge on any atom is 0.331 e. The summed E-state index contributed by atoms with van der Waals surface area (Å²) in [6, 6.07) is 0.927. The van der Waals surface area contributed by atoms with Crippen LogP contribution in [0.4, 0.5) is 0 Å². The molecule has 0 aromatic rings. The number of carbonyl (C=O) groups excluding carboxylic acids is 2. The van der Waals surface area contributed by atoms with Crippen LogP contribution < -0.4 is 0 Å². The quantitative estimate of drug-likeness (QED) is 0.315. The lowest BCUT2D eigenvalue weighted by Gasteiger charge is -2.55. The molecule has 0 bridgehead atoms. The molecule has 1 aliphatic rings. The Hall–Kier alpha value is -0.749. The normalized spacial score (nSPS) is 25.3. The van der Waals surface area contributed by atoms with Gasteiger partial charge < -0.3 is 18.0 Å². The summed E-state index contributed by atoms with van der Waals surface area (Å²) < 4.78 is 24.3. The Labute approximate surface area is 173 Å². The van der Waals surface area contributed by atoms with Crippen molar-refractivity contribution >= 4 is 35.9 Å². The molecule has 0 N–H and O–H groups in total. The first-order valence-electron chi connectivity index (χ1n) is 10.1. The molecule has 0 aromatic carbocycles. The Balaban J connectivity index is 3.18. The Bertz CT molecular complexity index is 597. The highest BCUT2D eigenvalue weighted by Crippen LogP contribution is 2.44. The lowest BCUT2D eigenvalue weighted by molar-refractivity contribution is -0.142. The molecule has 0 aromatic heterocycles. The van der Waals surface area contributed by atoms with Gasteiger partial charge in [0.25, 0.3) is 0 Å². The highest BCUT2D eigenvalue weighted by molar-refractivity contribution is 7.38. The van der Waals surface area contributed by atoms with Crippen molar-refractivity contribution in [2.75, 3.05) is 6.61 Å². The zero-order valence-corrected chi connectivity index (χ0v) is 22.0. The van der Waals surface area contributed by atoms with Gasteiger partial charge in [0.15, 0.2) is 8.32 Å². The highest BCUT2D eigenvalue weighted by atomic mass is 29.3. The number of rotatable bonds is 8. The lowest BCUT2D eigenvalue weighted by Crippen LogP contribution is -2.76. The molecule has 0 amide bonds. The summed E-state index contributed by atoms with van der Waals surface area (Å²) in [5, 5.41) is 0. The van der Waals surface area contributed by atoms with Gasteiger partial charge >= 0.3 is 11.9 Å². The second kappa shape index (κ2) is 9.38. The Morgan fingerprint density at radius 3 is 2.18 bits per heavy atom. The summed E-state index contributed by atoms with van der Waals surface area (Å²) in [6.45, 7) is 19.2. The van der Waals surface area contributed by atoms with Gasteiger partial charge in [0.1, 0.15) is 5.73 Å². The van der Waals surface area contributed by atoms with Crippen LogP contribution in [-0.2, 0) is 27.6 Å². The minimum atomic E-state index is -2.51. The molecule has 1 aliphatic heterocycles. The number of hydrogen-bond acceptors (Lipinski definition) is 6. The van der Waals surface area contributed by atoms with Crippen LogP contribution in [-0.4, -0.2) is 53.9 Å². The smallest absolute Gasteiger partial charge is 0.331 e. The van der Waals surface area contributed by atoms with Gasteiger partial charge in [-0.15, -0.1) is 0 Å². The van der Waals surface area contributed by atoms with Crippen molar-refractivity contribution in [2.24, 2.45) is 0 Å². The van der Waals surface area contributed by atoms with Crippen LogP contribution in [0.2, 0.25) is 38.8 Å². The second-order valence-corrected chi connectivity index (χ2v) is 26.7. The highest BCUT2D eigenvalue weighted by Gasteiger charge is 2.64. The molecule has 9 heteroatoms. The topological polar surface area (TPSA) is 71.1 Å². The number of hydrogen-bond donors (Lipinski definition) is 0. The van der Waals surface area contributed by atoms with Gasteiger partial charge in [0.2, 0.25) is 15.7 Å². The Kier molecular flexibility index (Phi) is 8.47. The minimum Gasteiger partial charge on any atom is -0.463 e. The third-order valence-electron chi connectivity index (χ3n) is 4.93. The predicted molar refractivity (Wildman–Crippen MR) is 118 cm³/mol. The fourth-order valence-corrected chi connectivity index (χ4v) is 27.2. The second-order valence-electron chi connectivity index (χ2n) is 9.40. The first kappa shape index (κ1) is 25.3. The lowest BCUT2D eigenvalue weighted by atomic mass is 10.1. The van der Waals surface area contributed by atoms with E-state index < -0.39 is 35.9 Å². The third kappa shape index (κ3) is 6.65. The van der Waals surface area contributed by atoms with E-state index in [-0.39, 0.29) is 17.9 Å². The van der Waals surface area contributed by atoms with Gasteiger partial charge in [0.05, 0.1) is 12.2 Å². The standard InChI is InChI=1S/C19H38O6Si3/c1-10-18(23-17(21)13-12-16(20)22-11-2)28(25-26(5,6)7)15-14-19(3,4)24-27(28,8)9/h12-13,18H,10-11,14-15H2,1-9H3. The predicted octanol–water partition coefficient (Wildman–Crippen LogP) is 4.25. The van der Waals surface area contributed by atoms with Gasteiger partial charge in [-0.3, -0.25) is 0 Å². The maximum atomic E-state index is 12.4. The molecule has 2 atom stereocenters. The SMILES string of the molecule is CCOC(=O)C=CC(=O)OC(CC)[Si]1(O[Si](C)(C)C)CCC(C)(C)O[Si]1(C)C. The summed E-state index contributed by atoms with van der Waals surface area (Å²) in [5.74, 6) is -1.07. The summed E-state index contributed by atoms with van der Waals surface area (Å²) in [5.41, 5.74) is -0.474. The maximum absolute atomic E-state index is 12.4. The van der Waals surface area contributed by atoms with Crippen LogP contribution in [0.1, 0.15) is 40.5 Å². The number of carbonyl (C=O) groups is 2. The van der Waals surface area contributed by atoms with E-state index in [1.165, 1.54) is 0 Å². The van der Waals surface area contributed by atoms with E-state index in [1.807, 2.05) is 6.92 Å². The Morgan fingerprint density at radius 2 is 1.71 bits per heavy atom. The van der Waals surface area contributed by atoms with E-state index in [0.29, 0.717) is 6.42 Å². The summed E-state index contributed by atoms with van der Waals surface area (Å²) in [4.78, 5) is 23.9. The molecular formula is C19H38O6Si3. The molecule has 1 rings (SSSR count). The largest absolute Gasteiger partial charge is 0.463 e. The molecule has 0 aliphatic carbocycles. The van der Waals surface area contributed by atoms with Crippen LogP contribution in [0.25, 0.3) is 0 Å². The average Bonchev–Trinajstić information content (AvgIpc) is 2.52. The zero-order chi connectivity index (χ0) is 21.8. The third-order valence-corrected chi connectivity index (χ3v) is 23.6. The van der Waals surface area contributed by atoms with Crippen molar-refractivity contribution in [1.29, 1.82) is 0 Å². The molecule has 28 heavy (non-hydrogen) atoms. The van der Waals surface area contributed by atoms with Crippen LogP contribution >= 0.6 is 0 Å². The fourth-order valence-electron chi connectivity index (χ4n) is 3.96. The van der Waals surface area contributed by atoms with Crippen molar-refractivity contribution in [3.63, 3.8) is 0 Å². The minimum absolute atomic E-state index is 0.179. The van der Waals surface area contributed by atoms with Crippen LogP contribution in [0.3, 0.4) is 0 Å². The zero-order valence-electron chi connectivity index (χ0n) is 19.0. The van der Waals surface area contributed by atoms with E-state index in [1.54, 1.807) is 6.92 Å². The molecule has 2 unspecified atom stereocenters. The van der Waals surface area contributed by atoms with E-state index in [2.05, 4.69) is 46.6 Å². The molecule has 0 radical (unpaired) electrons. The van der Waals surface area contributed by atoms with Crippen LogP contribution in [0, 0.1) is 0 Å². The van der Waals surface area contributed by atoms with Crippen molar-refractivity contribution in [2.45, 2.75) is 90.6 Å². The summed E-state index contributed by atoms with van der Waals surface area (Å²) >= 11 is 0. The van der Waals surface area contributed by atoms with Crippen molar-refractivity contribution in [3.8, 4) is 0 Å². The van der Waals surface area contributed by atoms with E-state index in [0.717, 1.165) is 24.6 Å². The average molecular weight is 447 g/mol. The summed E-state index contributed by atoms with van der Waals surface area (Å²) in [6.07, 6.45) is 3.84. The van der Waals surface area contributed by atoms with Gasteiger partial charge in [-0.25, -0.2) is 9.59 Å². The van der Waals surface area contributed by atoms with Gasteiger partial charge in [0, 0.05) is 12.2 Å². The van der Waals surface area contributed by atoms with Gasteiger partial charge in [-0.1, -0.05) is 6.92 Å². The monoisotopic (exact) mass is 446 g/mol. The van der Waals surface area contributed by atoms with Crippen LogP contribution in [0.5, 0.6) is 0 Å². The molecule has 1 saturated heterocycles. The first-order chi connectivity index (χ1) is 12.7. The van der Waals surface area contributed by atoms with Gasteiger partial charge in [-0.2, -0.15) is 0 Å². The number of ether oxygens (including phenoxy) is 2. The molecule has 162 valence electrons. The molecule has 1 heterocycles. The number of esters is 2. The van der Waals surface area contributed by atoms with Crippen molar-refractivity contribution in [1.82, 2.24) is 0 Å². The molecule has 6 nitrogen and oxygen atoms in total. The van der Waals surface area contributed by atoms with Gasteiger partial charge in [-0.05, 0) is 72.4 Å². The first-order valence-corrected chi connectivity index (χ1v) is 19.6. The van der Waals surface area contributed by atoms with E-state index >= 15 is 0 Å². The molecule has 0 saturated carbocycles. The van der Waals surface area contributed by atoms with E-state index in [9.17, 15) is 9.59 Å². The van der Waals surface area contributed by atoms with Crippen molar-refractivity contribution < 1.29 is 27.6 Å². The fraction of sp³-hybridized carbons (Fsp3) is 0.789. The van der Waals surface area contributed by atoms with Crippen LogP contribution in [0.15, 0.2) is 12.2 Å². The van der Waals surface area contributed by atoms with Crippen molar-refractivity contribution in [3.05, 3.63) is 12.2 Å².